The van der Waals surface area contributed by atoms with E-state index in [2.05, 4.69) is 10.6 Å². The topological polar surface area (TPSA) is 162 Å². The molecule has 0 spiro atoms. The first-order chi connectivity index (χ1) is 12.8. The number of aliphatic carboxylic acids is 1. The third-order valence-electron chi connectivity index (χ3n) is 4.05. The normalized spacial score (nSPS) is 16.9. The molecule has 1 aliphatic rings. The van der Waals surface area contributed by atoms with Crippen LogP contribution in [0.3, 0.4) is 0 Å². The van der Waals surface area contributed by atoms with Gasteiger partial charge in [0, 0.05) is 6.54 Å². The molecule has 1 aliphatic heterocycles. The van der Waals surface area contributed by atoms with Gasteiger partial charge in [0.1, 0.15) is 12.6 Å². The monoisotopic (exact) mass is 384 g/mol. The van der Waals surface area contributed by atoms with Crippen molar-refractivity contribution in [2.45, 2.75) is 44.7 Å². The number of carbonyl (C=O) groups is 6. The summed E-state index contributed by atoms with van der Waals surface area (Å²) >= 11 is 0. The molecule has 0 aromatic carbocycles. The van der Waals surface area contributed by atoms with Crippen LogP contribution in [0.4, 0.5) is 0 Å². The smallest absolute Gasteiger partial charge is 0.322 e. The highest BCUT2D eigenvalue weighted by atomic mass is 16.4. The zero-order valence-electron chi connectivity index (χ0n) is 15.0. The van der Waals surface area contributed by atoms with Crippen LogP contribution in [-0.4, -0.2) is 77.6 Å². The van der Waals surface area contributed by atoms with E-state index >= 15 is 0 Å². The number of rotatable bonds is 11. The maximum Gasteiger partial charge on any atom is 0.322 e. The number of likely N-dealkylation sites (tertiary alicyclic amines) is 1. The van der Waals surface area contributed by atoms with E-state index in [1.54, 1.807) is 6.92 Å². The van der Waals surface area contributed by atoms with E-state index in [-0.39, 0.29) is 13.0 Å². The number of nitrogens with zero attached hydrogens (tertiary/aromatic N) is 1. The molecule has 0 bridgehead atoms. The molecule has 1 saturated heterocycles. The Kier molecular flexibility index (Phi) is 8.90. The molecule has 0 aliphatic carbocycles. The van der Waals surface area contributed by atoms with Crippen molar-refractivity contribution < 1.29 is 33.9 Å². The van der Waals surface area contributed by atoms with Crippen LogP contribution in [0.25, 0.3) is 0 Å². The average molecular weight is 384 g/mol. The Labute approximate surface area is 155 Å². The van der Waals surface area contributed by atoms with Gasteiger partial charge < -0.3 is 26.0 Å². The molecule has 150 valence electrons. The first kappa shape index (κ1) is 22.1. The van der Waals surface area contributed by atoms with E-state index in [0.717, 1.165) is 0 Å². The van der Waals surface area contributed by atoms with Gasteiger partial charge in [-0.2, -0.15) is 0 Å². The molecule has 1 heterocycles. The lowest BCUT2D eigenvalue weighted by atomic mass is 10.1. The summed E-state index contributed by atoms with van der Waals surface area (Å²) in [5.74, 6) is -4.31. The summed E-state index contributed by atoms with van der Waals surface area (Å²) in [6, 6.07) is -1.90. The van der Waals surface area contributed by atoms with Crippen LogP contribution in [0.1, 0.15) is 32.6 Å². The van der Waals surface area contributed by atoms with Crippen molar-refractivity contribution in [1.82, 2.24) is 20.9 Å². The fourth-order valence-corrected chi connectivity index (χ4v) is 2.79. The number of carbonyl (C=O) groups excluding carboxylic acids is 5. The van der Waals surface area contributed by atoms with Crippen LogP contribution in [-0.2, 0) is 28.8 Å². The third-order valence-corrected chi connectivity index (χ3v) is 4.05. The molecule has 0 radical (unpaired) electrons. The van der Waals surface area contributed by atoms with Crippen molar-refractivity contribution in [3.8, 4) is 0 Å². The number of ketones is 1. The maximum absolute atomic E-state index is 12.5. The van der Waals surface area contributed by atoms with Gasteiger partial charge >= 0.3 is 5.97 Å². The van der Waals surface area contributed by atoms with E-state index in [4.69, 9.17) is 5.11 Å². The van der Waals surface area contributed by atoms with Crippen LogP contribution in [0.15, 0.2) is 0 Å². The number of nitrogens with one attached hydrogen (secondary N) is 3. The third kappa shape index (κ3) is 6.68. The first-order valence-electron chi connectivity index (χ1n) is 8.62. The fourth-order valence-electron chi connectivity index (χ4n) is 2.79. The predicted molar refractivity (Wildman–Crippen MR) is 91.3 cm³/mol. The number of carboxylic acid groups (broad SMARTS) is 1. The van der Waals surface area contributed by atoms with Crippen molar-refractivity contribution in [2.75, 3.05) is 19.6 Å². The van der Waals surface area contributed by atoms with Gasteiger partial charge in [0.05, 0.1) is 12.6 Å². The molecular weight excluding hydrogens is 360 g/mol. The Morgan fingerprint density at radius 3 is 2.52 bits per heavy atom. The lowest BCUT2D eigenvalue weighted by molar-refractivity contribution is -0.143. The van der Waals surface area contributed by atoms with Gasteiger partial charge in [0.15, 0.2) is 0 Å². The van der Waals surface area contributed by atoms with Gasteiger partial charge in [0.2, 0.25) is 24.0 Å². The van der Waals surface area contributed by atoms with Crippen molar-refractivity contribution in [3.63, 3.8) is 0 Å². The van der Waals surface area contributed by atoms with E-state index in [1.165, 1.54) is 4.90 Å². The van der Waals surface area contributed by atoms with Crippen molar-refractivity contribution in [2.24, 2.45) is 0 Å². The molecule has 11 heteroatoms. The molecule has 4 amide bonds. The molecule has 11 nitrogen and oxygen atoms in total. The highest BCUT2D eigenvalue weighted by Crippen LogP contribution is 2.18. The standard InChI is InChI=1S/C16H24N4O7/c1-2-4-10(14(25)16(27)18-8-13(23)24)19-15(26)11-5-3-6-20(11)12(22)7-17-9-21/h9-11H,2-8H2,1H3,(H,17,21)(H,18,27)(H,19,26)(H,23,24). The summed E-state index contributed by atoms with van der Waals surface area (Å²) < 4.78 is 0. The molecule has 27 heavy (non-hydrogen) atoms. The molecule has 1 rings (SSSR count). The minimum Gasteiger partial charge on any atom is -0.480 e. The number of Topliss-reactive ketones (excluding diaryl/α,β-unsaturated/α-hetero) is 1. The van der Waals surface area contributed by atoms with Crippen LogP contribution < -0.4 is 16.0 Å². The van der Waals surface area contributed by atoms with Gasteiger partial charge in [-0.15, -0.1) is 0 Å². The lowest BCUT2D eigenvalue weighted by Crippen LogP contribution is -2.54. The van der Waals surface area contributed by atoms with Crippen LogP contribution in [0.5, 0.6) is 0 Å². The molecule has 0 aromatic rings. The average Bonchev–Trinajstić information content (AvgIpc) is 3.13. The number of hydrogen-bond acceptors (Lipinski definition) is 6. The zero-order chi connectivity index (χ0) is 20.4. The summed E-state index contributed by atoms with van der Waals surface area (Å²) in [5, 5.41) is 15.3. The minimum absolute atomic E-state index is 0.193. The lowest BCUT2D eigenvalue weighted by Gasteiger charge is -2.26. The van der Waals surface area contributed by atoms with Crippen molar-refractivity contribution >= 4 is 35.9 Å². The summed E-state index contributed by atoms with van der Waals surface area (Å²) in [7, 11) is 0. The summed E-state index contributed by atoms with van der Waals surface area (Å²) in [4.78, 5) is 70.7. The van der Waals surface area contributed by atoms with Gasteiger partial charge in [-0.3, -0.25) is 28.8 Å². The Morgan fingerprint density at radius 2 is 1.93 bits per heavy atom. The molecular formula is C16H24N4O7. The van der Waals surface area contributed by atoms with E-state index in [9.17, 15) is 28.8 Å². The van der Waals surface area contributed by atoms with Gasteiger partial charge in [-0.1, -0.05) is 13.3 Å². The van der Waals surface area contributed by atoms with Gasteiger partial charge in [-0.05, 0) is 19.3 Å². The Bertz CT molecular complexity index is 608. The van der Waals surface area contributed by atoms with Crippen LogP contribution in [0, 0.1) is 0 Å². The molecule has 4 N–H and O–H groups in total. The highest BCUT2D eigenvalue weighted by Gasteiger charge is 2.36. The summed E-state index contributed by atoms with van der Waals surface area (Å²) in [6.45, 7) is 1.18. The Morgan fingerprint density at radius 1 is 1.22 bits per heavy atom. The Hall–Kier alpha value is -2.98. The number of carboxylic acids is 1. The summed E-state index contributed by atoms with van der Waals surface area (Å²) in [6.07, 6.45) is 2.07. The fraction of sp³-hybridized carbons (Fsp3) is 0.625. The van der Waals surface area contributed by atoms with Gasteiger partial charge in [-0.25, -0.2) is 0 Å². The molecule has 0 saturated carbocycles. The zero-order valence-corrected chi connectivity index (χ0v) is 15.0. The minimum atomic E-state index is -1.30. The van der Waals surface area contributed by atoms with Crippen LogP contribution >= 0.6 is 0 Å². The molecule has 0 aromatic heterocycles. The van der Waals surface area contributed by atoms with E-state index in [1.807, 2.05) is 5.32 Å². The van der Waals surface area contributed by atoms with Crippen molar-refractivity contribution in [3.05, 3.63) is 0 Å². The quantitative estimate of drug-likeness (QED) is 0.232. The second-order valence-electron chi connectivity index (χ2n) is 6.03. The SMILES string of the molecule is CCCC(NC(=O)C1CCCN1C(=O)CNC=O)C(=O)C(=O)NCC(=O)O. The van der Waals surface area contributed by atoms with Crippen molar-refractivity contribution in [1.29, 1.82) is 0 Å². The summed E-state index contributed by atoms with van der Waals surface area (Å²) in [5.41, 5.74) is 0. The predicted octanol–water partition coefficient (Wildman–Crippen LogP) is -2.22. The molecule has 2 unspecified atom stereocenters. The van der Waals surface area contributed by atoms with E-state index in [0.29, 0.717) is 32.2 Å². The second kappa shape index (κ2) is 10.9. The Balaban J connectivity index is 2.74. The molecule has 1 fully saturated rings. The highest BCUT2D eigenvalue weighted by molar-refractivity contribution is 6.38. The first-order valence-corrected chi connectivity index (χ1v) is 8.62. The number of hydrogen-bond donors (Lipinski definition) is 4. The molecule has 2 atom stereocenters. The van der Waals surface area contributed by atoms with E-state index < -0.39 is 48.1 Å². The van der Waals surface area contributed by atoms with Crippen LogP contribution in [0.2, 0.25) is 0 Å². The maximum atomic E-state index is 12.5. The largest absolute Gasteiger partial charge is 0.480 e. The second-order valence-corrected chi connectivity index (χ2v) is 6.03. The van der Waals surface area contributed by atoms with Gasteiger partial charge in [0.25, 0.3) is 5.91 Å². The number of amides is 4.